The fraction of sp³-hybridized carbons (Fsp3) is 0.594. The lowest BCUT2D eigenvalue weighted by atomic mass is 9.94. The van der Waals surface area contributed by atoms with Gasteiger partial charge in [0.2, 0.25) is 5.91 Å². The number of amides is 2. The molecule has 2 unspecified atom stereocenters. The van der Waals surface area contributed by atoms with E-state index in [1.165, 1.54) is 6.33 Å². The number of anilines is 1. The number of carboxylic acid groups (broad SMARTS) is 1. The van der Waals surface area contributed by atoms with Crippen LogP contribution in [0.25, 0.3) is 0 Å². The second kappa shape index (κ2) is 13.7. The van der Waals surface area contributed by atoms with Crippen molar-refractivity contribution in [2.75, 3.05) is 63.8 Å². The van der Waals surface area contributed by atoms with Crippen LogP contribution >= 0.6 is 11.6 Å². The molecule has 232 valence electrons. The second-order valence-corrected chi connectivity index (χ2v) is 12.9. The van der Waals surface area contributed by atoms with Crippen molar-refractivity contribution < 1.29 is 19.5 Å². The van der Waals surface area contributed by atoms with E-state index >= 15 is 0 Å². The fourth-order valence-corrected chi connectivity index (χ4v) is 7.12. The van der Waals surface area contributed by atoms with Crippen LogP contribution in [0.15, 0.2) is 24.5 Å². The van der Waals surface area contributed by atoms with Gasteiger partial charge in [0.1, 0.15) is 6.33 Å². The smallest absolute Gasteiger partial charge is 0.304 e. The van der Waals surface area contributed by atoms with Crippen LogP contribution < -0.4 is 4.90 Å². The molecular weight excluding hydrogens is 568 g/mol. The number of fused-ring (bicyclic) bond motifs is 1. The van der Waals surface area contributed by atoms with E-state index in [4.69, 9.17) is 16.7 Å². The minimum absolute atomic E-state index is 0.0372. The zero-order valence-electron chi connectivity index (χ0n) is 25.5. The number of likely N-dealkylation sites (tertiary alicyclic amines) is 3. The Morgan fingerprint density at radius 2 is 1.60 bits per heavy atom. The first-order valence-corrected chi connectivity index (χ1v) is 15.8. The normalized spacial score (nSPS) is 21.3. The SMILES string of the molecule is Cc1ccc(N(CCCN2CC3CN(C(=O)c4c(C)ncnc4C)CC3C2)C(=O)C2CCN(CCC(=O)O)CC2)cc1Cl. The Balaban J connectivity index is 1.15. The molecule has 10 nitrogen and oxygen atoms in total. The first kappa shape index (κ1) is 31.3. The summed E-state index contributed by atoms with van der Waals surface area (Å²) < 4.78 is 0. The van der Waals surface area contributed by atoms with Gasteiger partial charge in [0.05, 0.1) is 23.4 Å². The maximum Gasteiger partial charge on any atom is 0.304 e. The van der Waals surface area contributed by atoms with Crippen molar-refractivity contribution in [2.24, 2.45) is 17.8 Å². The maximum absolute atomic E-state index is 13.8. The first-order chi connectivity index (χ1) is 20.6. The largest absolute Gasteiger partial charge is 0.481 e. The summed E-state index contributed by atoms with van der Waals surface area (Å²) in [4.78, 5) is 55.0. The van der Waals surface area contributed by atoms with Gasteiger partial charge in [-0.1, -0.05) is 17.7 Å². The third kappa shape index (κ3) is 7.36. The van der Waals surface area contributed by atoms with Crippen molar-refractivity contribution in [1.82, 2.24) is 24.7 Å². The monoisotopic (exact) mass is 610 g/mol. The lowest BCUT2D eigenvalue weighted by Gasteiger charge is -2.34. The molecule has 1 aromatic carbocycles. The van der Waals surface area contributed by atoms with Gasteiger partial charge in [-0.25, -0.2) is 9.97 Å². The van der Waals surface area contributed by atoms with Crippen LogP contribution in [0, 0.1) is 38.5 Å². The highest BCUT2D eigenvalue weighted by Crippen LogP contribution is 2.33. The molecule has 3 fully saturated rings. The molecule has 2 aromatic rings. The lowest BCUT2D eigenvalue weighted by Crippen LogP contribution is -2.44. The zero-order chi connectivity index (χ0) is 30.7. The van der Waals surface area contributed by atoms with E-state index in [2.05, 4.69) is 19.8 Å². The third-order valence-corrected chi connectivity index (χ3v) is 9.86. The van der Waals surface area contributed by atoms with Crippen molar-refractivity contribution in [2.45, 2.75) is 46.5 Å². The Hall–Kier alpha value is -3.08. The molecule has 43 heavy (non-hydrogen) atoms. The molecular formula is C32H43ClN6O4. The Morgan fingerprint density at radius 1 is 0.953 bits per heavy atom. The van der Waals surface area contributed by atoms with Crippen LogP contribution in [0.2, 0.25) is 5.02 Å². The second-order valence-electron chi connectivity index (χ2n) is 12.4. The Kier molecular flexibility index (Phi) is 9.99. The summed E-state index contributed by atoms with van der Waals surface area (Å²) in [6.45, 7) is 12.6. The van der Waals surface area contributed by atoms with Crippen molar-refractivity contribution in [3.8, 4) is 0 Å². The molecule has 0 saturated carbocycles. The Morgan fingerprint density at radius 3 is 2.21 bits per heavy atom. The summed E-state index contributed by atoms with van der Waals surface area (Å²) in [5.74, 6) is 0.192. The van der Waals surface area contributed by atoms with Crippen LogP contribution in [0.5, 0.6) is 0 Å². The number of carbonyl (C=O) groups is 3. The zero-order valence-corrected chi connectivity index (χ0v) is 26.2. The van der Waals surface area contributed by atoms with E-state index < -0.39 is 5.97 Å². The highest BCUT2D eigenvalue weighted by molar-refractivity contribution is 6.31. The maximum atomic E-state index is 13.8. The molecule has 0 radical (unpaired) electrons. The molecule has 2 atom stereocenters. The number of aryl methyl sites for hydroxylation is 3. The number of rotatable bonds is 10. The lowest BCUT2D eigenvalue weighted by molar-refractivity contribution is -0.137. The van der Waals surface area contributed by atoms with Crippen LogP contribution in [-0.4, -0.2) is 106 Å². The van der Waals surface area contributed by atoms with E-state index in [1.807, 2.05) is 48.8 Å². The van der Waals surface area contributed by atoms with Gasteiger partial charge in [0.15, 0.2) is 0 Å². The van der Waals surface area contributed by atoms with Gasteiger partial charge < -0.3 is 24.7 Å². The summed E-state index contributed by atoms with van der Waals surface area (Å²) in [5, 5.41) is 9.66. The van der Waals surface area contributed by atoms with E-state index in [0.717, 1.165) is 87.7 Å². The summed E-state index contributed by atoms with van der Waals surface area (Å²) in [5.41, 5.74) is 3.90. The van der Waals surface area contributed by atoms with Crippen molar-refractivity contribution in [1.29, 1.82) is 0 Å². The molecule has 11 heteroatoms. The number of carbonyl (C=O) groups excluding carboxylic acids is 2. The van der Waals surface area contributed by atoms with Crippen molar-refractivity contribution in [3.05, 3.63) is 52.1 Å². The molecule has 0 bridgehead atoms. The number of carboxylic acids is 1. The molecule has 4 heterocycles. The third-order valence-electron chi connectivity index (χ3n) is 9.46. The Labute approximate surface area is 259 Å². The van der Waals surface area contributed by atoms with Gasteiger partial charge in [-0.2, -0.15) is 0 Å². The fourth-order valence-electron chi connectivity index (χ4n) is 6.95. The minimum atomic E-state index is -0.791. The standard InChI is InChI=1S/C32H43ClN6O4/c1-21-5-6-27(15-28(21)33)39(31(42)24-7-12-36(13-8-24)14-9-29(40)41)11-4-10-37-16-25-18-38(19-26(25)17-37)32(43)30-22(2)34-20-35-23(30)3/h5-6,15,20,24-26H,4,7-14,16-19H2,1-3H3,(H,40,41). The number of piperidine rings is 1. The van der Waals surface area contributed by atoms with Gasteiger partial charge in [0.25, 0.3) is 5.91 Å². The molecule has 5 rings (SSSR count). The molecule has 3 aliphatic heterocycles. The van der Waals surface area contributed by atoms with Crippen LogP contribution in [0.3, 0.4) is 0 Å². The topological polar surface area (TPSA) is 110 Å². The van der Waals surface area contributed by atoms with E-state index in [0.29, 0.717) is 35.5 Å². The highest BCUT2D eigenvalue weighted by atomic mass is 35.5. The van der Waals surface area contributed by atoms with Gasteiger partial charge in [-0.05, 0) is 89.2 Å². The van der Waals surface area contributed by atoms with E-state index in [1.54, 1.807) is 0 Å². The average Bonchev–Trinajstić information content (AvgIpc) is 3.55. The molecule has 1 aromatic heterocycles. The number of nitrogens with zero attached hydrogens (tertiary/aromatic N) is 6. The van der Waals surface area contributed by atoms with Crippen LogP contribution in [-0.2, 0) is 9.59 Å². The van der Waals surface area contributed by atoms with Gasteiger partial charge in [-0.15, -0.1) is 0 Å². The molecule has 0 spiro atoms. The van der Waals surface area contributed by atoms with E-state index in [-0.39, 0.29) is 24.2 Å². The van der Waals surface area contributed by atoms with E-state index in [9.17, 15) is 14.4 Å². The molecule has 3 saturated heterocycles. The molecule has 2 amide bonds. The van der Waals surface area contributed by atoms with Gasteiger partial charge in [-0.3, -0.25) is 14.4 Å². The predicted molar refractivity (Wildman–Crippen MR) is 165 cm³/mol. The number of aromatic nitrogens is 2. The summed E-state index contributed by atoms with van der Waals surface area (Å²) in [6.07, 6.45) is 3.94. The number of benzene rings is 1. The molecule has 3 aliphatic rings. The molecule has 0 aliphatic carbocycles. The summed E-state index contributed by atoms with van der Waals surface area (Å²) in [6, 6.07) is 5.84. The summed E-state index contributed by atoms with van der Waals surface area (Å²) in [7, 11) is 0. The number of hydrogen-bond donors (Lipinski definition) is 1. The van der Waals surface area contributed by atoms with Crippen molar-refractivity contribution in [3.63, 3.8) is 0 Å². The number of hydrogen-bond acceptors (Lipinski definition) is 7. The first-order valence-electron chi connectivity index (χ1n) is 15.4. The van der Waals surface area contributed by atoms with Crippen LogP contribution in [0.4, 0.5) is 5.69 Å². The minimum Gasteiger partial charge on any atom is -0.481 e. The predicted octanol–water partition coefficient (Wildman–Crippen LogP) is 3.67. The number of halogens is 1. The quantitative estimate of drug-likeness (QED) is 0.434. The molecule has 1 N–H and O–H groups in total. The highest BCUT2D eigenvalue weighted by Gasteiger charge is 2.42. The van der Waals surface area contributed by atoms with Crippen molar-refractivity contribution >= 4 is 35.1 Å². The summed E-state index contributed by atoms with van der Waals surface area (Å²) >= 11 is 6.47. The van der Waals surface area contributed by atoms with Gasteiger partial charge >= 0.3 is 5.97 Å². The number of aliphatic carboxylic acids is 1. The van der Waals surface area contributed by atoms with Gasteiger partial charge in [0, 0.05) is 55.9 Å². The average molecular weight is 611 g/mol. The Bertz CT molecular complexity index is 1310. The van der Waals surface area contributed by atoms with Crippen LogP contribution in [0.1, 0.15) is 53.0 Å².